The van der Waals surface area contributed by atoms with Crippen molar-refractivity contribution < 1.29 is 0 Å². The van der Waals surface area contributed by atoms with Crippen LogP contribution in [-0.4, -0.2) is 0 Å². The third kappa shape index (κ3) is 6.74. The minimum Gasteiger partial charge on any atom is -0.353 e. The third-order valence-electron chi connectivity index (χ3n) is 12.0. The Hall–Kier alpha value is -8.20. The lowest BCUT2D eigenvalue weighted by Gasteiger charge is -2.30. The molecular weight excluding hydrogens is 749 g/mol. The van der Waals surface area contributed by atoms with Crippen molar-refractivity contribution in [1.29, 1.82) is 0 Å². The number of para-hydroxylation sites is 2. The predicted octanol–water partition coefficient (Wildman–Crippen LogP) is 17.0. The fraction of sp³-hybridized carbons (Fsp3) is 0. The van der Waals surface area contributed by atoms with E-state index in [1.54, 1.807) is 0 Å². The van der Waals surface area contributed by atoms with E-state index in [9.17, 15) is 0 Å². The Bertz CT molecular complexity index is 3350. The Balaban J connectivity index is 1.16. The van der Waals surface area contributed by atoms with Gasteiger partial charge in [0.05, 0.1) is 17.1 Å². The van der Waals surface area contributed by atoms with E-state index >= 15 is 0 Å². The predicted molar refractivity (Wildman–Crippen MR) is 265 cm³/mol. The second-order valence-corrected chi connectivity index (χ2v) is 15.7. The number of fused-ring (bicyclic) bond motifs is 4. The molecule has 11 aromatic rings. The highest BCUT2D eigenvalue weighted by atomic mass is 15.2. The average Bonchev–Trinajstić information content (AvgIpc) is 3.35. The number of hydrogen-bond donors (Lipinski definition) is 1. The molecule has 0 heterocycles. The molecule has 0 aliphatic rings. The second-order valence-electron chi connectivity index (χ2n) is 15.7. The van der Waals surface area contributed by atoms with Crippen molar-refractivity contribution in [1.82, 2.24) is 0 Å². The van der Waals surface area contributed by atoms with Gasteiger partial charge in [-0.1, -0.05) is 206 Å². The molecule has 0 amide bonds. The maximum Gasteiger partial charge on any atom is 0.0708 e. The van der Waals surface area contributed by atoms with E-state index in [-0.39, 0.29) is 0 Å². The summed E-state index contributed by atoms with van der Waals surface area (Å²) in [6, 6.07) is 89.8. The van der Waals surface area contributed by atoms with E-state index in [4.69, 9.17) is 0 Å². The van der Waals surface area contributed by atoms with Gasteiger partial charge in [0.2, 0.25) is 0 Å². The lowest BCUT2D eigenvalue weighted by Crippen LogP contribution is -2.13. The van der Waals surface area contributed by atoms with Crippen molar-refractivity contribution in [3.8, 4) is 44.5 Å². The van der Waals surface area contributed by atoms with Gasteiger partial charge in [-0.15, -0.1) is 0 Å². The van der Waals surface area contributed by atoms with Crippen molar-refractivity contribution in [3.05, 3.63) is 249 Å². The monoisotopic (exact) mass is 790 g/mol. The van der Waals surface area contributed by atoms with Crippen molar-refractivity contribution in [2.45, 2.75) is 0 Å². The van der Waals surface area contributed by atoms with Crippen molar-refractivity contribution >= 4 is 60.8 Å². The highest BCUT2D eigenvalue weighted by Gasteiger charge is 2.23. The van der Waals surface area contributed by atoms with Gasteiger partial charge in [-0.25, -0.2) is 0 Å². The summed E-state index contributed by atoms with van der Waals surface area (Å²) in [5.41, 5.74) is 14.7. The van der Waals surface area contributed by atoms with Gasteiger partial charge in [-0.3, -0.25) is 0 Å². The lowest BCUT2D eigenvalue weighted by atomic mass is 9.84. The molecule has 0 aromatic heterocycles. The summed E-state index contributed by atoms with van der Waals surface area (Å²) >= 11 is 0. The van der Waals surface area contributed by atoms with Gasteiger partial charge < -0.3 is 10.2 Å². The molecule has 0 radical (unpaired) electrons. The van der Waals surface area contributed by atoms with E-state index < -0.39 is 0 Å². The summed E-state index contributed by atoms with van der Waals surface area (Å²) in [6.45, 7) is 0. The first-order chi connectivity index (χ1) is 30.8. The maximum absolute atomic E-state index is 3.89. The van der Waals surface area contributed by atoms with E-state index in [0.29, 0.717) is 0 Å². The Morgan fingerprint density at radius 1 is 0.290 bits per heavy atom. The number of rotatable bonds is 9. The molecule has 292 valence electrons. The molecule has 1 N–H and O–H groups in total. The standard InChI is InChI=1S/C60H42N2/c1-5-20-43(21-6-1)51-35-19-37-57(60(51)61-48-29-11-4-12-30-48)62(56-36-18-27-42-22-13-14-32-50(42)56)49-31-17-28-46(40-49)47-38-39-53-52-33-15-16-34-54(52)58(44-23-7-2-8-24-44)59(55(53)41-47)45-25-9-3-10-26-45/h1-41,61H. The van der Waals surface area contributed by atoms with Crippen LogP contribution < -0.4 is 10.2 Å². The van der Waals surface area contributed by atoms with Gasteiger partial charge >= 0.3 is 0 Å². The fourth-order valence-electron chi connectivity index (χ4n) is 9.20. The van der Waals surface area contributed by atoms with E-state index in [2.05, 4.69) is 259 Å². The molecule has 0 aliphatic carbocycles. The minimum absolute atomic E-state index is 1.02. The SMILES string of the molecule is c1ccc(Nc2c(-c3ccccc3)cccc2N(c2cccc(-c3ccc4c(c3)c(-c3ccccc3)c(-c3ccccc3)c3ccccc34)c2)c2cccc3ccccc23)cc1. The van der Waals surface area contributed by atoms with Gasteiger partial charge in [0.1, 0.15) is 0 Å². The average molecular weight is 791 g/mol. The molecule has 0 fully saturated rings. The highest BCUT2D eigenvalue weighted by molar-refractivity contribution is 6.22. The molecule has 0 unspecified atom stereocenters. The quantitative estimate of drug-likeness (QED) is 0.147. The molecule has 62 heavy (non-hydrogen) atoms. The molecular formula is C60H42N2. The van der Waals surface area contributed by atoms with Crippen LogP contribution in [0.25, 0.3) is 76.8 Å². The molecule has 0 spiro atoms. The van der Waals surface area contributed by atoms with Crippen LogP contribution >= 0.6 is 0 Å². The fourth-order valence-corrected chi connectivity index (χ4v) is 9.20. The molecule has 0 saturated carbocycles. The van der Waals surface area contributed by atoms with Crippen LogP contribution in [0.15, 0.2) is 249 Å². The lowest BCUT2D eigenvalue weighted by molar-refractivity contribution is 1.29. The zero-order chi connectivity index (χ0) is 41.2. The van der Waals surface area contributed by atoms with Gasteiger partial charge in [0.15, 0.2) is 0 Å². The van der Waals surface area contributed by atoms with Gasteiger partial charge in [-0.2, -0.15) is 0 Å². The van der Waals surface area contributed by atoms with Crippen LogP contribution in [0.2, 0.25) is 0 Å². The second kappa shape index (κ2) is 16.1. The van der Waals surface area contributed by atoms with Crippen LogP contribution in [0.3, 0.4) is 0 Å². The van der Waals surface area contributed by atoms with Crippen molar-refractivity contribution in [3.63, 3.8) is 0 Å². The molecule has 11 rings (SSSR count). The van der Waals surface area contributed by atoms with Gasteiger partial charge in [0.25, 0.3) is 0 Å². The largest absolute Gasteiger partial charge is 0.353 e. The topological polar surface area (TPSA) is 15.3 Å². The third-order valence-corrected chi connectivity index (χ3v) is 12.0. The Morgan fingerprint density at radius 2 is 0.790 bits per heavy atom. The first-order valence-corrected chi connectivity index (χ1v) is 21.3. The zero-order valence-corrected chi connectivity index (χ0v) is 34.1. The van der Waals surface area contributed by atoms with Crippen LogP contribution in [-0.2, 0) is 0 Å². The Morgan fingerprint density at radius 3 is 1.52 bits per heavy atom. The molecule has 0 atom stereocenters. The van der Waals surface area contributed by atoms with Crippen molar-refractivity contribution in [2.24, 2.45) is 0 Å². The first-order valence-electron chi connectivity index (χ1n) is 21.3. The smallest absolute Gasteiger partial charge is 0.0708 e. The molecule has 0 bridgehead atoms. The van der Waals surface area contributed by atoms with Crippen LogP contribution in [0.5, 0.6) is 0 Å². The molecule has 0 aliphatic heterocycles. The van der Waals surface area contributed by atoms with Gasteiger partial charge in [-0.05, 0) is 108 Å². The molecule has 2 heteroatoms. The number of nitrogens with zero attached hydrogens (tertiary/aromatic N) is 1. The number of anilines is 5. The molecule has 2 nitrogen and oxygen atoms in total. The summed E-state index contributed by atoms with van der Waals surface area (Å²) in [5, 5.41) is 11.2. The number of hydrogen-bond acceptors (Lipinski definition) is 2. The van der Waals surface area contributed by atoms with E-state index in [1.165, 1.54) is 54.6 Å². The first kappa shape index (κ1) is 36.8. The van der Waals surface area contributed by atoms with Crippen LogP contribution in [0, 0.1) is 0 Å². The molecule has 11 aromatic carbocycles. The summed E-state index contributed by atoms with van der Waals surface area (Å²) < 4.78 is 0. The van der Waals surface area contributed by atoms with Crippen molar-refractivity contribution in [2.75, 3.05) is 10.2 Å². The van der Waals surface area contributed by atoms with E-state index in [1.807, 2.05) is 0 Å². The summed E-state index contributed by atoms with van der Waals surface area (Å²) in [4.78, 5) is 2.43. The van der Waals surface area contributed by atoms with Crippen LogP contribution in [0.4, 0.5) is 28.4 Å². The summed E-state index contributed by atoms with van der Waals surface area (Å²) in [6.07, 6.45) is 0. The number of benzene rings is 11. The highest BCUT2D eigenvalue weighted by Crippen LogP contribution is 2.49. The Labute approximate surface area is 362 Å². The Kier molecular flexibility index (Phi) is 9.57. The van der Waals surface area contributed by atoms with Gasteiger partial charge in [0, 0.05) is 22.3 Å². The summed E-state index contributed by atoms with van der Waals surface area (Å²) in [7, 11) is 0. The normalized spacial score (nSPS) is 11.2. The summed E-state index contributed by atoms with van der Waals surface area (Å²) in [5.74, 6) is 0. The molecule has 0 saturated heterocycles. The maximum atomic E-state index is 3.89. The van der Waals surface area contributed by atoms with Crippen LogP contribution in [0.1, 0.15) is 0 Å². The zero-order valence-electron chi connectivity index (χ0n) is 34.1. The van der Waals surface area contributed by atoms with E-state index in [0.717, 1.165) is 50.7 Å². The minimum atomic E-state index is 1.02. The number of nitrogens with one attached hydrogen (secondary N) is 1.